The predicted molar refractivity (Wildman–Crippen MR) is 105 cm³/mol. The highest BCUT2D eigenvalue weighted by Crippen LogP contribution is 2.27. The minimum atomic E-state index is -0.269. The molecule has 4 aromatic rings. The van der Waals surface area contributed by atoms with Crippen molar-refractivity contribution in [2.75, 3.05) is 0 Å². The smallest absolute Gasteiger partial charge is 0.214 e. The van der Waals surface area contributed by atoms with Crippen LogP contribution in [0.25, 0.3) is 16.6 Å². The van der Waals surface area contributed by atoms with Crippen LogP contribution in [0.15, 0.2) is 59.9 Å². The Kier molecular flexibility index (Phi) is 4.85. The molecule has 0 saturated carbocycles. The fourth-order valence-electron chi connectivity index (χ4n) is 2.91. The fraction of sp³-hybridized carbons (Fsp3) is 0.200. The Hall–Kier alpha value is -2.80. The van der Waals surface area contributed by atoms with Crippen molar-refractivity contribution in [2.24, 2.45) is 0 Å². The number of benzene rings is 2. The Bertz CT molecular complexity index is 1080. The van der Waals surface area contributed by atoms with E-state index in [1.54, 1.807) is 16.9 Å². The van der Waals surface area contributed by atoms with Crippen molar-refractivity contribution in [3.8, 4) is 5.69 Å². The van der Waals surface area contributed by atoms with Crippen LogP contribution < -0.4 is 0 Å². The van der Waals surface area contributed by atoms with Gasteiger partial charge in [-0.3, -0.25) is 4.98 Å². The number of pyridine rings is 1. The molecule has 2 aromatic heterocycles. The third-order valence-electron chi connectivity index (χ3n) is 4.35. The lowest BCUT2D eigenvalue weighted by Gasteiger charge is -2.09. The second-order valence-electron chi connectivity index (χ2n) is 6.55. The van der Waals surface area contributed by atoms with Crippen molar-refractivity contribution in [1.29, 1.82) is 0 Å². The number of nitrogens with zero attached hydrogens (tertiary/aromatic N) is 5. The van der Waals surface area contributed by atoms with E-state index in [9.17, 15) is 4.39 Å². The summed E-state index contributed by atoms with van der Waals surface area (Å²) < 4.78 is 15.6. The van der Waals surface area contributed by atoms with Gasteiger partial charge in [-0.1, -0.05) is 43.8 Å². The zero-order chi connectivity index (χ0) is 18.8. The second kappa shape index (κ2) is 7.44. The van der Waals surface area contributed by atoms with E-state index in [4.69, 9.17) is 0 Å². The Morgan fingerprint density at radius 2 is 1.93 bits per heavy atom. The molecule has 2 heterocycles. The van der Waals surface area contributed by atoms with Crippen LogP contribution in [0.2, 0.25) is 0 Å². The average Bonchev–Trinajstić information content (AvgIpc) is 3.14. The summed E-state index contributed by atoms with van der Waals surface area (Å²) in [6.07, 6.45) is 1.72. The maximum Gasteiger partial charge on any atom is 0.214 e. The molecule has 0 N–H and O–H groups in total. The van der Waals surface area contributed by atoms with Gasteiger partial charge in [0.25, 0.3) is 0 Å². The SMILES string of the molecule is CC(C)c1ccc(-n2nnnc2SCc2cc(F)cc3cccnc23)cc1. The van der Waals surface area contributed by atoms with Crippen LogP contribution in [0, 0.1) is 5.82 Å². The lowest BCUT2D eigenvalue weighted by Crippen LogP contribution is -2.00. The minimum Gasteiger partial charge on any atom is -0.256 e. The lowest BCUT2D eigenvalue weighted by molar-refractivity contribution is 0.628. The summed E-state index contributed by atoms with van der Waals surface area (Å²) in [5, 5.41) is 13.5. The standard InChI is InChI=1S/C20H18FN5S/c1-13(2)14-5-7-18(8-6-14)26-20(23-24-25-26)27-12-16-11-17(21)10-15-4-3-9-22-19(15)16/h3-11,13H,12H2,1-2H3. The van der Waals surface area contributed by atoms with Crippen molar-refractivity contribution in [2.45, 2.75) is 30.7 Å². The minimum absolute atomic E-state index is 0.269. The number of hydrogen-bond acceptors (Lipinski definition) is 5. The molecule has 0 spiro atoms. The van der Waals surface area contributed by atoms with E-state index < -0.39 is 0 Å². The van der Waals surface area contributed by atoms with Gasteiger partial charge in [0.05, 0.1) is 11.2 Å². The number of rotatable bonds is 5. The molecule has 0 aliphatic rings. The van der Waals surface area contributed by atoms with E-state index in [0.29, 0.717) is 16.8 Å². The zero-order valence-electron chi connectivity index (χ0n) is 15.0. The quantitative estimate of drug-likeness (QED) is 0.468. The van der Waals surface area contributed by atoms with E-state index in [0.717, 1.165) is 22.2 Å². The monoisotopic (exact) mass is 379 g/mol. The average molecular weight is 379 g/mol. The maximum atomic E-state index is 13.9. The van der Waals surface area contributed by atoms with Gasteiger partial charge in [0, 0.05) is 17.3 Å². The van der Waals surface area contributed by atoms with E-state index in [2.05, 4.69) is 46.5 Å². The summed E-state index contributed by atoms with van der Waals surface area (Å²) >= 11 is 1.46. The predicted octanol–water partition coefficient (Wildman–Crippen LogP) is 4.77. The summed E-state index contributed by atoms with van der Waals surface area (Å²) in [5.41, 5.74) is 3.78. The van der Waals surface area contributed by atoms with Crippen molar-refractivity contribution in [3.05, 3.63) is 71.7 Å². The number of hydrogen-bond donors (Lipinski definition) is 0. The van der Waals surface area contributed by atoms with Gasteiger partial charge < -0.3 is 0 Å². The van der Waals surface area contributed by atoms with E-state index >= 15 is 0 Å². The lowest BCUT2D eigenvalue weighted by atomic mass is 10.0. The highest BCUT2D eigenvalue weighted by Gasteiger charge is 2.12. The number of tetrazole rings is 1. The third-order valence-corrected chi connectivity index (χ3v) is 5.32. The Morgan fingerprint density at radius 1 is 1.11 bits per heavy atom. The molecule has 27 heavy (non-hydrogen) atoms. The second-order valence-corrected chi connectivity index (χ2v) is 7.49. The van der Waals surface area contributed by atoms with E-state index in [1.165, 1.54) is 29.5 Å². The van der Waals surface area contributed by atoms with E-state index in [-0.39, 0.29) is 5.82 Å². The van der Waals surface area contributed by atoms with Gasteiger partial charge in [-0.2, -0.15) is 4.68 Å². The van der Waals surface area contributed by atoms with Crippen molar-refractivity contribution < 1.29 is 4.39 Å². The van der Waals surface area contributed by atoms with Crippen LogP contribution in [0.1, 0.15) is 30.9 Å². The van der Waals surface area contributed by atoms with Gasteiger partial charge in [-0.15, -0.1) is 5.10 Å². The summed E-state index contributed by atoms with van der Waals surface area (Å²) in [6, 6.07) is 14.9. The highest BCUT2D eigenvalue weighted by atomic mass is 32.2. The number of thioether (sulfide) groups is 1. The van der Waals surface area contributed by atoms with Gasteiger partial charge in [0.15, 0.2) is 0 Å². The van der Waals surface area contributed by atoms with Gasteiger partial charge in [-0.05, 0) is 57.8 Å². The van der Waals surface area contributed by atoms with Crippen LogP contribution >= 0.6 is 11.8 Å². The van der Waals surface area contributed by atoms with Crippen LogP contribution in [0.3, 0.4) is 0 Å². The van der Waals surface area contributed by atoms with Gasteiger partial charge in [-0.25, -0.2) is 4.39 Å². The first kappa shape index (κ1) is 17.6. The molecule has 7 heteroatoms. The van der Waals surface area contributed by atoms with Crippen molar-refractivity contribution >= 4 is 22.7 Å². The molecule has 5 nitrogen and oxygen atoms in total. The highest BCUT2D eigenvalue weighted by molar-refractivity contribution is 7.98. The van der Waals surface area contributed by atoms with Gasteiger partial charge >= 0.3 is 0 Å². The summed E-state index contributed by atoms with van der Waals surface area (Å²) in [6.45, 7) is 4.31. The van der Waals surface area contributed by atoms with Crippen molar-refractivity contribution in [1.82, 2.24) is 25.2 Å². The van der Waals surface area contributed by atoms with E-state index in [1.807, 2.05) is 18.2 Å². The number of aromatic nitrogens is 5. The Labute approximate surface area is 160 Å². The molecule has 0 bridgehead atoms. The maximum absolute atomic E-state index is 13.9. The molecule has 0 amide bonds. The molecular weight excluding hydrogens is 361 g/mol. The van der Waals surface area contributed by atoms with Crippen LogP contribution in [0.5, 0.6) is 0 Å². The third kappa shape index (κ3) is 3.68. The summed E-state index contributed by atoms with van der Waals surface area (Å²) in [7, 11) is 0. The first-order chi connectivity index (χ1) is 13.1. The first-order valence-electron chi connectivity index (χ1n) is 8.66. The molecular formula is C20H18FN5S. The Morgan fingerprint density at radius 3 is 2.70 bits per heavy atom. The van der Waals surface area contributed by atoms with Crippen LogP contribution in [-0.4, -0.2) is 25.2 Å². The fourth-order valence-corrected chi connectivity index (χ4v) is 3.77. The molecule has 0 aliphatic carbocycles. The summed E-state index contributed by atoms with van der Waals surface area (Å²) in [4.78, 5) is 4.39. The molecule has 0 atom stereocenters. The van der Waals surface area contributed by atoms with Crippen LogP contribution in [-0.2, 0) is 5.75 Å². The van der Waals surface area contributed by atoms with Crippen molar-refractivity contribution in [3.63, 3.8) is 0 Å². The summed E-state index contributed by atoms with van der Waals surface area (Å²) in [5.74, 6) is 0.723. The molecule has 2 aromatic carbocycles. The molecule has 0 unspecified atom stereocenters. The normalized spacial score (nSPS) is 11.4. The molecule has 4 rings (SSSR count). The molecule has 136 valence electrons. The zero-order valence-corrected chi connectivity index (χ0v) is 15.8. The first-order valence-corrected chi connectivity index (χ1v) is 9.65. The molecule has 0 saturated heterocycles. The van der Waals surface area contributed by atoms with Gasteiger partial charge in [0.2, 0.25) is 5.16 Å². The number of halogens is 1. The van der Waals surface area contributed by atoms with Crippen LogP contribution in [0.4, 0.5) is 4.39 Å². The Balaban J connectivity index is 1.60. The largest absolute Gasteiger partial charge is 0.256 e. The number of fused-ring (bicyclic) bond motifs is 1. The molecule has 0 aliphatic heterocycles. The molecule has 0 radical (unpaired) electrons. The molecule has 0 fully saturated rings. The topological polar surface area (TPSA) is 56.5 Å². The van der Waals surface area contributed by atoms with Gasteiger partial charge in [0.1, 0.15) is 5.82 Å².